The van der Waals surface area contributed by atoms with Crippen LogP contribution in [-0.2, 0) is 6.61 Å². The Hall–Kier alpha value is -3.11. The quantitative estimate of drug-likeness (QED) is 0.510. The first-order chi connectivity index (χ1) is 13.5. The third-order valence-electron chi connectivity index (χ3n) is 4.57. The van der Waals surface area contributed by atoms with E-state index in [9.17, 15) is 9.18 Å². The zero-order valence-electron chi connectivity index (χ0n) is 15.0. The van der Waals surface area contributed by atoms with E-state index in [1.54, 1.807) is 24.3 Å². The first-order valence-corrected chi connectivity index (χ1v) is 9.10. The molecule has 3 aromatic rings. The zero-order chi connectivity index (χ0) is 19.7. The Morgan fingerprint density at radius 2 is 1.93 bits per heavy atom. The summed E-state index contributed by atoms with van der Waals surface area (Å²) in [5.41, 5.74) is 2.75. The summed E-state index contributed by atoms with van der Waals surface area (Å²) in [6.07, 6.45) is 1.33. The monoisotopic (exact) mass is 394 g/mol. The van der Waals surface area contributed by atoms with E-state index in [0.29, 0.717) is 23.7 Å². The van der Waals surface area contributed by atoms with Crippen molar-refractivity contribution in [2.24, 2.45) is 0 Å². The first-order valence-electron chi connectivity index (χ1n) is 8.72. The molecule has 4 rings (SSSR count). The highest BCUT2D eigenvalue weighted by Crippen LogP contribution is 2.36. The van der Waals surface area contributed by atoms with E-state index in [2.05, 4.69) is 0 Å². The van der Waals surface area contributed by atoms with Crippen LogP contribution in [0.3, 0.4) is 0 Å². The third-order valence-corrected chi connectivity index (χ3v) is 4.90. The van der Waals surface area contributed by atoms with Gasteiger partial charge in [0.05, 0.1) is 10.6 Å². The molecular formula is C23H16ClFO3. The van der Waals surface area contributed by atoms with Gasteiger partial charge >= 0.3 is 0 Å². The van der Waals surface area contributed by atoms with Gasteiger partial charge in [-0.3, -0.25) is 4.79 Å². The smallest absolute Gasteiger partial charge is 0.231 e. The van der Waals surface area contributed by atoms with Gasteiger partial charge in [-0.2, -0.15) is 0 Å². The topological polar surface area (TPSA) is 35.5 Å². The number of fused-ring (bicyclic) bond motifs is 1. The summed E-state index contributed by atoms with van der Waals surface area (Å²) in [4.78, 5) is 12.6. The molecule has 0 amide bonds. The standard InChI is InChI=1S/C23H16ClFO3/c1-14-5-2-3-6-15(14)13-27-16-9-10-17-21(11-16)28-22(23(17)26)12-18-19(24)7-4-8-20(18)25/h2-12H,13H2,1H3. The van der Waals surface area contributed by atoms with E-state index >= 15 is 0 Å². The molecule has 0 radical (unpaired) electrons. The second-order valence-electron chi connectivity index (χ2n) is 6.45. The SMILES string of the molecule is Cc1ccccc1COc1ccc2c(c1)OC(=Cc1c(F)cccc1Cl)C2=O. The van der Waals surface area contributed by atoms with Gasteiger partial charge in [0.15, 0.2) is 5.76 Å². The molecule has 0 bridgehead atoms. The van der Waals surface area contributed by atoms with Crippen LogP contribution in [0.25, 0.3) is 6.08 Å². The Balaban J connectivity index is 1.56. The molecule has 0 saturated heterocycles. The zero-order valence-corrected chi connectivity index (χ0v) is 15.8. The highest BCUT2D eigenvalue weighted by Gasteiger charge is 2.28. The molecule has 28 heavy (non-hydrogen) atoms. The normalized spacial score (nSPS) is 14.1. The van der Waals surface area contributed by atoms with Crippen LogP contribution in [0, 0.1) is 12.7 Å². The predicted molar refractivity (Wildman–Crippen MR) is 106 cm³/mol. The number of ether oxygens (including phenoxy) is 2. The largest absolute Gasteiger partial charge is 0.489 e. The molecule has 1 aliphatic heterocycles. The van der Waals surface area contributed by atoms with Gasteiger partial charge in [-0.05, 0) is 48.4 Å². The number of aryl methyl sites for hydroxylation is 1. The minimum Gasteiger partial charge on any atom is -0.489 e. The molecule has 0 unspecified atom stereocenters. The summed E-state index contributed by atoms with van der Waals surface area (Å²) in [6, 6.07) is 17.3. The van der Waals surface area contributed by atoms with E-state index in [4.69, 9.17) is 21.1 Å². The molecule has 0 saturated carbocycles. The lowest BCUT2D eigenvalue weighted by atomic mass is 10.1. The van der Waals surface area contributed by atoms with Gasteiger partial charge in [0.1, 0.15) is 23.9 Å². The summed E-state index contributed by atoms with van der Waals surface area (Å²) in [5.74, 6) is 0.151. The minimum atomic E-state index is -0.519. The van der Waals surface area contributed by atoms with Crippen LogP contribution in [0.5, 0.6) is 11.5 Å². The number of Topliss-reactive ketones (excluding diaryl/α,β-unsaturated/α-hetero) is 1. The van der Waals surface area contributed by atoms with Crippen LogP contribution in [0.4, 0.5) is 4.39 Å². The lowest BCUT2D eigenvalue weighted by molar-refractivity contribution is 0.101. The molecule has 0 aliphatic carbocycles. The second-order valence-corrected chi connectivity index (χ2v) is 6.86. The van der Waals surface area contributed by atoms with Crippen molar-refractivity contribution < 1.29 is 18.7 Å². The molecule has 3 aromatic carbocycles. The fraction of sp³-hybridized carbons (Fsp3) is 0.0870. The van der Waals surface area contributed by atoms with Crippen LogP contribution >= 0.6 is 11.6 Å². The summed E-state index contributed by atoms with van der Waals surface area (Å²) < 4.78 is 25.5. The van der Waals surface area contributed by atoms with Crippen LogP contribution in [0.15, 0.2) is 66.4 Å². The van der Waals surface area contributed by atoms with Crippen molar-refractivity contribution in [1.29, 1.82) is 0 Å². The molecular weight excluding hydrogens is 379 g/mol. The van der Waals surface area contributed by atoms with Crippen molar-refractivity contribution >= 4 is 23.5 Å². The number of carbonyl (C=O) groups is 1. The van der Waals surface area contributed by atoms with Crippen LogP contribution < -0.4 is 9.47 Å². The van der Waals surface area contributed by atoms with Crippen LogP contribution in [0.2, 0.25) is 5.02 Å². The molecule has 1 aliphatic rings. The second kappa shape index (κ2) is 7.49. The molecule has 3 nitrogen and oxygen atoms in total. The summed E-state index contributed by atoms with van der Waals surface area (Å²) >= 11 is 6.03. The lowest BCUT2D eigenvalue weighted by Crippen LogP contribution is -1.99. The van der Waals surface area contributed by atoms with E-state index < -0.39 is 5.82 Å². The van der Waals surface area contributed by atoms with Gasteiger partial charge in [-0.25, -0.2) is 4.39 Å². The summed E-state index contributed by atoms with van der Waals surface area (Å²) in [5, 5.41) is 0.210. The van der Waals surface area contributed by atoms with Crippen molar-refractivity contribution in [2.45, 2.75) is 13.5 Å². The number of hydrogen-bond donors (Lipinski definition) is 0. The van der Waals surface area contributed by atoms with Crippen molar-refractivity contribution in [3.8, 4) is 11.5 Å². The molecule has 0 atom stereocenters. The van der Waals surface area contributed by atoms with E-state index in [-0.39, 0.29) is 22.1 Å². The maximum Gasteiger partial charge on any atom is 0.231 e. The maximum absolute atomic E-state index is 14.0. The van der Waals surface area contributed by atoms with Crippen LogP contribution in [0.1, 0.15) is 27.0 Å². The van der Waals surface area contributed by atoms with Crippen LogP contribution in [-0.4, -0.2) is 5.78 Å². The van der Waals surface area contributed by atoms with Gasteiger partial charge < -0.3 is 9.47 Å². The number of rotatable bonds is 4. The van der Waals surface area contributed by atoms with Crippen molar-refractivity contribution in [3.05, 3.63) is 99.5 Å². The van der Waals surface area contributed by atoms with E-state index in [1.165, 1.54) is 18.2 Å². The highest BCUT2D eigenvalue weighted by molar-refractivity contribution is 6.32. The third kappa shape index (κ3) is 3.51. The number of ketones is 1. The summed E-state index contributed by atoms with van der Waals surface area (Å²) in [7, 11) is 0. The molecule has 5 heteroatoms. The lowest BCUT2D eigenvalue weighted by Gasteiger charge is -2.09. The molecule has 0 aromatic heterocycles. The van der Waals surface area contributed by atoms with Crippen molar-refractivity contribution in [1.82, 2.24) is 0 Å². The fourth-order valence-corrected chi connectivity index (χ4v) is 3.19. The fourth-order valence-electron chi connectivity index (χ4n) is 2.97. The van der Waals surface area contributed by atoms with Crippen molar-refractivity contribution in [3.63, 3.8) is 0 Å². The Morgan fingerprint density at radius 3 is 2.71 bits per heavy atom. The maximum atomic E-state index is 14.0. The number of carbonyl (C=O) groups excluding carboxylic acids is 1. The number of halogens is 2. The van der Waals surface area contributed by atoms with E-state index in [0.717, 1.165) is 11.1 Å². The Bertz CT molecular complexity index is 1080. The van der Waals surface area contributed by atoms with Gasteiger partial charge in [0, 0.05) is 11.6 Å². The van der Waals surface area contributed by atoms with Crippen molar-refractivity contribution in [2.75, 3.05) is 0 Å². The first kappa shape index (κ1) is 18.3. The molecule has 140 valence electrons. The van der Waals surface area contributed by atoms with Gasteiger partial charge in [-0.15, -0.1) is 0 Å². The predicted octanol–water partition coefficient (Wildman–Crippen LogP) is 5.98. The average molecular weight is 395 g/mol. The van der Waals surface area contributed by atoms with Gasteiger partial charge in [0.25, 0.3) is 0 Å². The molecule has 0 spiro atoms. The average Bonchev–Trinajstić information content (AvgIpc) is 2.99. The summed E-state index contributed by atoms with van der Waals surface area (Å²) in [6.45, 7) is 2.43. The molecule has 1 heterocycles. The number of allylic oxidation sites excluding steroid dienone is 1. The Kier molecular flexibility index (Phi) is 4.88. The number of benzene rings is 3. The van der Waals surface area contributed by atoms with Gasteiger partial charge in [-0.1, -0.05) is 41.9 Å². The Labute approximate surface area is 167 Å². The molecule has 0 fully saturated rings. The number of hydrogen-bond acceptors (Lipinski definition) is 3. The minimum absolute atomic E-state index is 0.0260. The Morgan fingerprint density at radius 1 is 1.11 bits per heavy atom. The van der Waals surface area contributed by atoms with Gasteiger partial charge in [0.2, 0.25) is 5.78 Å². The molecule has 0 N–H and O–H groups in total. The van der Waals surface area contributed by atoms with E-state index in [1.807, 2.05) is 31.2 Å². The highest BCUT2D eigenvalue weighted by atomic mass is 35.5.